The minimum absolute atomic E-state index is 0.287. The number of hydrogen-bond donors (Lipinski definition) is 2. The van der Waals surface area contributed by atoms with Gasteiger partial charge in [0.1, 0.15) is 6.04 Å². The van der Waals surface area contributed by atoms with Crippen molar-refractivity contribution in [1.29, 1.82) is 0 Å². The van der Waals surface area contributed by atoms with Crippen molar-refractivity contribution in [3.8, 4) is 0 Å². The van der Waals surface area contributed by atoms with Gasteiger partial charge in [0.05, 0.1) is 0 Å². The second kappa shape index (κ2) is 3.01. The third kappa shape index (κ3) is 1.48. The van der Waals surface area contributed by atoms with E-state index in [2.05, 4.69) is 12.2 Å². The van der Waals surface area contributed by atoms with E-state index < -0.39 is 5.97 Å². The molecule has 0 aromatic rings. The Balaban J connectivity index is 2.35. The fourth-order valence-corrected chi connectivity index (χ4v) is 1.31. The topological polar surface area (TPSA) is 49.3 Å². The molecule has 0 radical (unpaired) electrons. The van der Waals surface area contributed by atoms with Crippen LogP contribution in [0.4, 0.5) is 0 Å². The number of rotatable bonds is 2. The van der Waals surface area contributed by atoms with Gasteiger partial charge < -0.3 is 10.4 Å². The van der Waals surface area contributed by atoms with Crippen LogP contribution in [0.3, 0.4) is 0 Å². The molecule has 0 aromatic carbocycles. The average Bonchev–Trinajstić information content (AvgIpc) is 2.34. The number of carbonyl (C=O) groups is 1. The lowest BCUT2D eigenvalue weighted by molar-refractivity contribution is -0.139. The maximum Gasteiger partial charge on any atom is 0.320 e. The summed E-state index contributed by atoms with van der Waals surface area (Å²) in [6, 6.07) is -0.287. The van der Waals surface area contributed by atoms with Crippen molar-refractivity contribution in [3.63, 3.8) is 0 Å². The Hall–Kier alpha value is -0.570. The van der Waals surface area contributed by atoms with Crippen LogP contribution in [-0.2, 0) is 4.79 Å². The monoisotopic (exact) mass is 143 g/mol. The normalized spacial score (nSPS) is 32.5. The maximum absolute atomic E-state index is 10.4. The summed E-state index contributed by atoms with van der Waals surface area (Å²) in [6.45, 7) is 2.96. The molecule has 10 heavy (non-hydrogen) atoms. The molecule has 1 aliphatic rings. The number of carboxylic acid groups (broad SMARTS) is 1. The summed E-state index contributed by atoms with van der Waals surface area (Å²) in [6.07, 6.45) is 1.88. The third-order valence-electron chi connectivity index (χ3n) is 2.10. The molecule has 1 rings (SSSR count). The van der Waals surface area contributed by atoms with E-state index >= 15 is 0 Å². The zero-order valence-electron chi connectivity index (χ0n) is 6.13. The van der Waals surface area contributed by atoms with Gasteiger partial charge in [0, 0.05) is 0 Å². The van der Waals surface area contributed by atoms with Crippen molar-refractivity contribution in [2.75, 3.05) is 6.54 Å². The average molecular weight is 143 g/mol. The highest BCUT2D eigenvalue weighted by Gasteiger charge is 2.27. The molecule has 1 aliphatic heterocycles. The fourth-order valence-electron chi connectivity index (χ4n) is 1.31. The van der Waals surface area contributed by atoms with Crippen molar-refractivity contribution in [3.05, 3.63) is 0 Å². The van der Waals surface area contributed by atoms with Crippen LogP contribution >= 0.6 is 0 Å². The molecule has 0 aliphatic carbocycles. The van der Waals surface area contributed by atoms with Gasteiger partial charge in [0.25, 0.3) is 0 Å². The van der Waals surface area contributed by atoms with Gasteiger partial charge in [-0.3, -0.25) is 4.79 Å². The van der Waals surface area contributed by atoms with Gasteiger partial charge in [0.15, 0.2) is 0 Å². The van der Waals surface area contributed by atoms with E-state index in [0.717, 1.165) is 19.4 Å². The Morgan fingerprint density at radius 2 is 2.50 bits per heavy atom. The van der Waals surface area contributed by atoms with Gasteiger partial charge in [-0.2, -0.15) is 0 Å². The highest BCUT2D eigenvalue weighted by atomic mass is 16.4. The Morgan fingerprint density at radius 1 is 1.80 bits per heavy atom. The van der Waals surface area contributed by atoms with Gasteiger partial charge in [-0.05, 0) is 18.9 Å². The molecule has 0 unspecified atom stereocenters. The molecule has 2 N–H and O–H groups in total. The van der Waals surface area contributed by atoms with Crippen molar-refractivity contribution < 1.29 is 9.90 Å². The Kier molecular flexibility index (Phi) is 2.27. The van der Waals surface area contributed by atoms with Crippen LogP contribution in [-0.4, -0.2) is 23.7 Å². The molecule has 0 amide bonds. The highest BCUT2D eigenvalue weighted by molar-refractivity contribution is 5.73. The first-order valence-corrected chi connectivity index (χ1v) is 3.70. The van der Waals surface area contributed by atoms with Crippen molar-refractivity contribution in [2.24, 2.45) is 5.92 Å². The van der Waals surface area contributed by atoms with Gasteiger partial charge in [-0.1, -0.05) is 13.3 Å². The Morgan fingerprint density at radius 3 is 2.80 bits per heavy atom. The standard InChI is InChI=1S/C7H13NO2/c1-2-5-3-6(7(9)10)8-4-5/h5-6,8H,2-4H2,1H3,(H,9,10)/t5-,6+/m0/s1. The molecule has 1 fully saturated rings. The predicted octanol–water partition coefficient (Wildman–Crippen LogP) is 0.459. The predicted molar refractivity (Wildman–Crippen MR) is 37.8 cm³/mol. The summed E-state index contributed by atoms with van der Waals surface area (Å²) in [5.74, 6) is -0.142. The van der Waals surface area contributed by atoms with Crippen LogP contribution < -0.4 is 5.32 Å². The number of hydrogen-bond acceptors (Lipinski definition) is 2. The summed E-state index contributed by atoms with van der Waals surface area (Å²) < 4.78 is 0. The zero-order chi connectivity index (χ0) is 7.56. The second-order valence-corrected chi connectivity index (χ2v) is 2.81. The molecule has 0 bridgehead atoms. The van der Waals surface area contributed by atoms with Crippen LogP contribution in [0.2, 0.25) is 0 Å². The summed E-state index contributed by atoms with van der Waals surface area (Å²) in [7, 11) is 0. The van der Waals surface area contributed by atoms with E-state index in [1.54, 1.807) is 0 Å². The molecule has 1 heterocycles. The third-order valence-corrected chi connectivity index (χ3v) is 2.10. The summed E-state index contributed by atoms with van der Waals surface area (Å²) in [5, 5.41) is 11.5. The van der Waals surface area contributed by atoms with Crippen molar-refractivity contribution in [1.82, 2.24) is 5.32 Å². The molecule has 0 saturated carbocycles. The van der Waals surface area contributed by atoms with Crippen LogP contribution in [0.1, 0.15) is 19.8 Å². The van der Waals surface area contributed by atoms with E-state index in [9.17, 15) is 4.79 Å². The van der Waals surface area contributed by atoms with Crippen LogP contribution in [0, 0.1) is 5.92 Å². The smallest absolute Gasteiger partial charge is 0.320 e. The van der Waals surface area contributed by atoms with E-state index in [1.807, 2.05) is 0 Å². The first-order chi connectivity index (χ1) is 4.74. The first kappa shape index (κ1) is 7.54. The van der Waals surface area contributed by atoms with Gasteiger partial charge in [-0.15, -0.1) is 0 Å². The molecule has 3 heteroatoms. The van der Waals surface area contributed by atoms with Crippen LogP contribution in [0.15, 0.2) is 0 Å². The molecular formula is C7H13NO2. The number of nitrogens with one attached hydrogen (secondary N) is 1. The van der Waals surface area contributed by atoms with Crippen LogP contribution in [0.5, 0.6) is 0 Å². The lowest BCUT2D eigenvalue weighted by Crippen LogP contribution is -2.29. The van der Waals surface area contributed by atoms with Gasteiger partial charge in [0.2, 0.25) is 0 Å². The quantitative estimate of drug-likeness (QED) is 0.590. The molecule has 0 aromatic heterocycles. The Labute approximate surface area is 60.4 Å². The maximum atomic E-state index is 10.4. The summed E-state index contributed by atoms with van der Waals surface area (Å²) in [4.78, 5) is 10.4. The minimum Gasteiger partial charge on any atom is -0.480 e. The van der Waals surface area contributed by atoms with Gasteiger partial charge >= 0.3 is 5.97 Å². The first-order valence-electron chi connectivity index (χ1n) is 3.70. The summed E-state index contributed by atoms with van der Waals surface area (Å²) >= 11 is 0. The minimum atomic E-state index is -0.712. The lowest BCUT2D eigenvalue weighted by atomic mass is 10.0. The highest BCUT2D eigenvalue weighted by Crippen LogP contribution is 2.16. The number of aliphatic carboxylic acids is 1. The number of carboxylic acids is 1. The second-order valence-electron chi connectivity index (χ2n) is 2.81. The van der Waals surface area contributed by atoms with Crippen molar-refractivity contribution >= 4 is 5.97 Å². The Bertz CT molecular complexity index is 136. The fraction of sp³-hybridized carbons (Fsp3) is 0.857. The molecule has 2 atom stereocenters. The van der Waals surface area contributed by atoms with E-state index in [4.69, 9.17) is 5.11 Å². The zero-order valence-corrected chi connectivity index (χ0v) is 6.13. The summed E-state index contributed by atoms with van der Waals surface area (Å²) in [5.41, 5.74) is 0. The van der Waals surface area contributed by atoms with E-state index in [-0.39, 0.29) is 6.04 Å². The lowest BCUT2D eigenvalue weighted by Gasteiger charge is -2.02. The van der Waals surface area contributed by atoms with Crippen molar-refractivity contribution in [2.45, 2.75) is 25.8 Å². The molecule has 1 saturated heterocycles. The van der Waals surface area contributed by atoms with Gasteiger partial charge in [-0.25, -0.2) is 0 Å². The molecule has 58 valence electrons. The van der Waals surface area contributed by atoms with E-state index in [1.165, 1.54) is 0 Å². The van der Waals surface area contributed by atoms with Crippen LogP contribution in [0.25, 0.3) is 0 Å². The van der Waals surface area contributed by atoms with E-state index in [0.29, 0.717) is 5.92 Å². The largest absolute Gasteiger partial charge is 0.480 e. The molecule has 3 nitrogen and oxygen atoms in total. The molecule has 0 spiro atoms. The SMILES string of the molecule is CC[C@@H]1CN[C@@H](C(=O)O)C1. The molecular weight excluding hydrogens is 130 g/mol.